The molecule has 8 aromatic carbocycles. The van der Waals surface area contributed by atoms with Crippen LogP contribution in [0.4, 0.5) is 0 Å². The molecule has 11 aromatic rings. The molecule has 226 valence electrons. The molecule has 0 spiro atoms. The van der Waals surface area contributed by atoms with Gasteiger partial charge in [-0.2, -0.15) is 0 Å². The van der Waals surface area contributed by atoms with Crippen LogP contribution in [0, 0.1) is 0 Å². The summed E-state index contributed by atoms with van der Waals surface area (Å²) in [6.07, 6.45) is 1.85. The van der Waals surface area contributed by atoms with Gasteiger partial charge in [0.1, 0.15) is 0 Å². The zero-order valence-electron chi connectivity index (χ0n) is 26.3. The molecule has 0 saturated heterocycles. The maximum absolute atomic E-state index is 5.28. The molecule has 0 aliphatic carbocycles. The van der Waals surface area contributed by atoms with Crippen LogP contribution in [0.3, 0.4) is 0 Å². The second-order valence-corrected chi connectivity index (χ2v) is 14.0. The molecule has 11 rings (SSSR count). The molecule has 0 N–H and O–H groups in total. The minimum Gasteiger partial charge on any atom is -0.254 e. The highest BCUT2D eigenvalue weighted by molar-refractivity contribution is 7.26. The van der Waals surface area contributed by atoms with E-state index in [-0.39, 0.29) is 0 Å². The summed E-state index contributed by atoms with van der Waals surface area (Å²) in [5.74, 6) is 0. The maximum atomic E-state index is 5.28. The van der Waals surface area contributed by atoms with E-state index in [1.165, 1.54) is 74.4 Å². The van der Waals surface area contributed by atoms with Gasteiger partial charge in [-0.3, -0.25) is 4.98 Å². The van der Waals surface area contributed by atoms with Crippen LogP contribution >= 0.6 is 11.3 Å². The Balaban J connectivity index is 1.23. The first kappa shape index (κ1) is 26.9. The predicted octanol–water partition coefficient (Wildman–Crippen LogP) is 13.1. The van der Waals surface area contributed by atoms with Crippen LogP contribution in [0.2, 0.25) is 0 Å². The molecule has 49 heavy (non-hydrogen) atoms. The van der Waals surface area contributed by atoms with E-state index in [1.807, 2.05) is 23.6 Å². The highest BCUT2D eigenvalue weighted by atomic mass is 32.1. The summed E-state index contributed by atoms with van der Waals surface area (Å²) < 4.78 is 2.66. The molecule has 3 heterocycles. The van der Waals surface area contributed by atoms with Gasteiger partial charge in [0.25, 0.3) is 0 Å². The monoisotopic (exact) mass is 638 g/mol. The average molecular weight is 639 g/mol. The van der Waals surface area contributed by atoms with Crippen LogP contribution in [0.25, 0.3) is 107 Å². The zero-order valence-corrected chi connectivity index (χ0v) is 27.1. The van der Waals surface area contributed by atoms with Gasteiger partial charge in [-0.15, -0.1) is 11.3 Å². The summed E-state index contributed by atoms with van der Waals surface area (Å²) in [5.41, 5.74) is 6.41. The van der Waals surface area contributed by atoms with Gasteiger partial charge in [0, 0.05) is 42.7 Å². The summed E-state index contributed by atoms with van der Waals surface area (Å²) in [5, 5.41) is 14.9. The molecule has 3 heteroatoms. The van der Waals surface area contributed by atoms with Gasteiger partial charge in [-0.1, -0.05) is 109 Å². The van der Waals surface area contributed by atoms with E-state index >= 15 is 0 Å². The molecule has 0 atom stereocenters. The summed E-state index contributed by atoms with van der Waals surface area (Å²) in [6, 6.07) is 55.5. The van der Waals surface area contributed by atoms with E-state index in [1.54, 1.807) is 0 Å². The molecule has 0 amide bonds. The molecular weight excluding hydrogens is 613 g/mol. The standard InChI is InChI=1S/C46H26N2S/c1-2-9-30-25-39-34(40-21-17-28-16-15-27-10-7-23-47-45(27)46(28)48-40)20-19-33(38(39)24-29(30)8-1)37-26-31-18-22-42-44(36-13-5-6-14-41(36)49-42)43(31)35-12-4-3-11-32(35)37/h1-26H. The van der Waals surface area contributed by atoms with Crippen molar-refractivity contribution in [1.82, 2.24) is 9.97 Å². The van der Waals surface area contributed by atoms with Crippen molar-refractivity contribution in [3.63, 3.8) is 0 Å². The third-order valence-electron chi connectivity index (χ3n) is 10.2. The number of thiophene rings is 1. The third kappa shape index (κ3) is 3.94. The minimum absolute atomic E-state index is 0.932. The second-order valence-electron chi connectivity index (χ2n) is 12.9. The van der Waals surface area contributed by atoms with Crippen molar-refractivity contribution in [2.45, 2.75) is 0 Å². The van der Waals surface area contributed by atoms with Gasteiger partial charge in [0.15, 0.2) is 0 Å². The largest absolute Gasteiger partial charge is 0.254 e. The van der Waals surface area contributed by atoms with Crippen molar-refractivity contribution in [2.75, 3.05) is 0 Å². The van der Waals surface area contributed by atoms with Crippen LogP contribution < -0.4 is 0 Å². The summed E-state index contributed by atoms with van der Waals surface area (Å²) in [4.78, 5) is 10.0. The van der Waals surface area contributed by atoms with Crippen molar-refractivity contribution in [3.05, 3.63) is 158 Å². The second kappa shape index (κ2) is 10.2. The first-order valence-corrected chi connectivity index (χ1v) is 17.5. The van der Waals surface area contributed by atoms with E-state index in [2.05, 4.69) is 146 Å². The number of pyridine rings is 2. The quantitative estimate of drug-likeness (QED) is 0.139. The number of nitrogens with zero attached hydrogens (tertiary/aromatic N) is 2. The smallest absolute Gasteiger partial charge is 0.0972 e. The third-order valence-corrected chi connectivity index (χ3v) is 11.4. The molecule has 0 saturated carbocycles. The van der Waals surface area contributed by atoms with E-state index in [9.17, 15) is 0 Å². The highest BCUT2D eigenvalue weighted by Crippen LogP contribution is 2.46. The Morgan fingerprint density at radius 3 is 1.88 bits per heavy atom. The Hall–Kier alpha value is -6.16. The van der Waals surface area contributed by atoms with Gasteiger partial charge < -0.3 is 0 Å². The predicted molar refractivity (Wildman–Crippen MR) is 211 cm³/mol. The van der Waals surface area contributed by atoms with Crippen molar-refractivity contribution >= 4 is 96.4 Å². The lowest BCUT2D eigenvalue weighted by Gasteiger charge is -2.17. The number of benzene rings is 8. The molecule has 0 bridgehead atoms. The maximum Gasteiger partial charge on any atom is 0.0972 e. The fourth-order valence-electron chi connectivity index (χ4n) is 8.00. The van der Waals surface area contributed by atoms with Gasteiger partial charge in [-0.05, 0) is 96.7 Å². The van der Waals surface area contributed by atoms with Crippen molar-refractivity contribution in [3.8, 4) is 22.4 Å². The van der Waals surface area contributed by atoms with Gasteiger partial charge >= 0.3 is 0 Å². The molecule has 3 aromatic heterocycles. The fourth-order valence-corrected chi connectivity index (χ4v) is 9.11. The lowest BCUT2D eigenvalue weighted by atomic mass is 9.87. The van der Waals surface area contributed by atoms with Crippen molar-refractivity contribution < 1.29 is 0 Å². The Morgan fingerprint density at radius 2 is 1.02 bits per heavy atom. The Labute approximate surface area is 285 Å². The van der Waals surface area contributed by atoms with E-state index < -0.39 is 0 Å². The Kier molecular flexibility index (Phi) is 5.57. The lowest BCUT2D eigenvalue weighted by Crippen LogP contribution is -1.92. The Morgan fingerprint density at radius 1 is 0.367 bits per heavy atom. The van der Waals surface area contributed by atoms with Gasteiger partial charge in [-0.25, -0.2) is 4.98 Å². The van der Waals surface area contributed by atoms with Crippen LogP contribution in [-0.4, -0.2) is 9.97 Å². The molecule has 0 aliphatic heterocycles. The van der Waals surface area contributed by atoms with E-state index in [4.69, 9.17) is 9.97 Å². The number of fused-ring (bicyclic) bond motifs is 12. The zero-order chi connectivity index (χ0) is 32.1. The van der Waals surface area contributed by atoms with Crippen LogP contribution in [-0.2, 0) is 0 Å². The molecule has 0 radical (unpaired) electrons. The summed E-state index contributed by atoms with van der Waals surface area (Å²) >= 11 is 1.88. The molecule has 0 unspecified atom stereocenters. The topological polar surface area (TPSA) is 25.8 Å². The average Bonchev–Trinajstić information content (AvgIpc) is 3.55. The number of hydrogen-bond donors (Lipinski definition) is 0. The molecule has 0 aliphatic rings. The fraction of sp³-hybridized carbons (Fsp3) is 0. The summed E-state index contributed by atoms with van der Waals surface area (Å²) in [6.45, 7) is 0. The van der Waals surface area contributed by atoms with Crippen molar-refractivity contribution in [2.24, 2.45) is 0 Å². The van der Waals surface area contributed by atoms with Crippen LogP contribution in [0.5, 0.6) is 0 Å². The van der Waals surface area contributed by atoms with E-state index in [0.29, 0.717) is 0 Å². The van der Waals surface area contributed by atoms with Crippen molar-refractivity contribution in [1.29, 1.82) is 0 Å². The first-order valence-electron chi connectivity index (χ1n) is 16.6. The summed E-state index contributed by atoms with van der Waals surface area (Å²) in [7, 11) is 0. The number of rotatable bonds is 2. The van der Waals surface area contributed by atoms with Crippen LogP contribution in [0.1, 0.15) is 0 Å². The van der Waals surface area contributed by atoms with E-state index in [0.717, 1.165) is 33.1 Å². The number of hydrogen-bond acceptors (Lipinski definition) is 3. The highest BCUT2D eigenvalue weighted by Gasteiger charge is 2.18. The molecule has 0 fully saturated rings. The first-order chi connectivity index (χ1) is 24.3. The number of aromatic nitrogens is 2. The minimum atomic E-state index is 0.932. The normalized spacial score (nSPS) is 12.1. The lowest BCUT2D eigenvalue weighted by molar-refractivity contribution is 1.37. The Bertz CT molecular complexity index is 3170. The SMILES string of the molecule is c1ccc2cc3c(-c4cc5ccc6sc7ccccc7c6c5c5ccccc45)ccc(-c4ccc5ccc6cccnc6c5n4)c3cc2c1. The molecule has 2 nitrogen and oxygen atoms in total. The van der Waals surface area contributed by atoms with Gasteiger partial charge in [0.2, 0.25) is 0 Å². The molecular formula is C46H26N2S. The van der Waals surface area contributed by atoms with Gasteiger partial charge in [0.05, 0.1) is 16.7 Å². The van der Waals surface area contributed by atoms with Crippen LogP contribution in [0.15, 0.2) is 158 Å².